The lowest BCUT2D eigenvalue weighted by atomic mass is 9.83. The van der Waals surface area contributed by atoms with E-state index >= 15 is 0 Å². The van der Waals surface area contributed by atoms with Crippen LogP contribution in [0.2, 0.25) is 0 Å². The van der Waals surface area contributed by atoms with E-state index in [0.29, 0.717) is 18.4 Å². The number of aromatic carboxylic acids is 1. The summed E-state index contributed by atoms with van der Waals surface area (Å²) in [5, 5.41) is 18.4. The minimum atomic E-state index is -0.993. The molecule has 1 aliphatic rings. The molecule has 0 heterocycles. The van der Waals surface area contributed by atoms with Gasteiger partial charge >= 0.3 is 11.9 Å². The van der Waals surface area contributed by atoms with Gasteiger partial charge in [-0.25, -0.2) is 9.59 Å². The maximum absolute atomic E-state index is 11.6. The molecule has 4 nitrogen and oxygen atoms in total. The molecule has 2 aromatic rings. The Balaban J connectivity index is 2.06. The fourth-order valence-corrected chi connectivity index (χ4v) is 2.79. The number of aliphatic carboxylic acids is 1. The van der Waals surface area contributed by atoms with Crippen molar-refractivity contribution in [2.24, 2.45) is 0 Å². The summed E-state index contributed by atoms with van der Waals surface area (Å²) < 4.78 is 0. The summed E-state index contributed by atoms with van der Waals surface area (Å²) in [6.45, 7) is 0. The Morgan fingerprint density at radius 1 is 0.773 bits per heavy atom. The van der Waals surface area contributed by atoms with E-state index in [1.54, 1.807) is 12.1 Å². The fraction of sp³-hybridized carbons (Fsp3) is 0.111. The quantitative estimate of drug-likeness (QED) is 0.912. The summed E-state index contributed by atoms with van der Waals surface area (Å²) in [7, 11) is 0. The molecule has 2 N–H and O–H groups in total. The van der Waals surface area contributed by atoms with E-state index in [1.807, 2.05) is 24.3 Å². The zero-order valence-corrected chi connectivity index (χ0v) is 11.7. The van der Waals surface area contributed by atoms with E-state index in [-0.39, 0.29) is 5.56 Å². The Morgan fingerprint density at radius 2 is 1.36 bits per heavy atom. The van der Waals surface area contributed by atoms with E-state index in [2.05, 4.69) is 0 Å². The van der Waals surface area contributed by atoms with Gasteiger partial charge < -0.3 is 10.2 Å². The van der Waals surface area contributed by atoms with Crippen LogP contribution in [-0.2, 0) is 17.6 Å². The van der Waals surface area contributed by atoms with Crippen LogP contribution in [0.25, 0.3) is 5.57 Å². The molecule has 0 saturated carbocycles. The maximum atomic E-state index is 11.6. The molecule has 0 aliphatic heterocycles. The van der Waals surface area contributed by atoms with Crippen LogP contribution in [0.4, 0.5) is 0 Å². The molecule has 0 fully saturated rings. The second-order valence-corrected chi connectivity index (χ2v) is 5.27. The summed E-state index contributed by atoms with van der Waals surface area (Å²) in [6, 6.07) is 14.2. The Labute approximate surface area is 127 Å². The summed E-state index contributed by atoms with van der Waals surface area (Å²) in [5.74, 6) is -1.92. The molecule has 3 rings (SSSR count). The molecule has 0 amide bonds. The van der Waals surface area contributed by atoms with Gasteiger partial charge in [-0.15, -0.1) is 0 Å². The molecule has 0 spiro atoms. The normalized spacial score (nSPS) is 13.6. The van der Waals surface area contributed by atoms with Gasteiger partial charge in [-0.1, -0.05) is 36.4 Å². The van der Waals surface area contributed by atoms with Crippen LogP contribution in [0, 0.1) is 0 Å². The van der Waals surface area contributed by atoms with Crippen molar-refractivity contribution in [2.45, 2.75) is 12.8 Å². The smallest absolute Gasteiger partial charge is 0.335 e. The van der Waals surface area contributed by atoms with Gasteiger partial charge in [-0.2, -0.15) is 0 Å². The fourth-order valence-electron chi connectivity index (χ4n) is 2.79. The van der Waals surface area contributed by atoms with Crippen LogP contribution in [0.15, 0.2) is 54.1 Å². The largest absolute Gasteiger partial charge is 0.478 e. The number of carboxylic acid groups (broad SMARTS) is 2. The van der Waals surface area contributed by atoms with E-state index in [4.69, 9.17) is 5.11 Å². The second-order valence-electron chi connectivity index (χ2n) is 5.27. The van der Waals surface area contributed by atoms with Gasteiger partial charge in [0, 0.05) is 12.0 Å². The molecule has 0 atom stereocenters. The van der Waals surface area contributed by atoms with Gasteiger partial charge in [0.15, 0.2) is 0 Å². The maximum Gasteiger partial charge on any atom is 0.335 e. The van der Waals surface area contributed by atoms with Crippen LogP contribution in [0.3, 0.4) is 0 Å². The lowest BCUT2D eigenvalue weighted by Crippen LogP contribution is -2.15. The third kappa shape index (κ3) is 2.51. The minimum absolute atomic E-state index is 0.192. The van der Waals surface area contributed by atoms with Crippen LogP contribution in [0.1, 0.15) is 27.0 Å². The predicted octanol–water partition coefficient (Wildman–Crippen LogP) is 3.02. The standard InChI is InChI=1S/C18H14O4/c19-17(20)12-7-5-11(6-8-12)15-9-13-3-1-2-4-14(13)10-16(15)18(21)22/h1-8H,9-10H2,(H,19,20)(H,21,22). The topological polar surface area (TPSA) is 74.6 Å². The van der Waals surface area contributed by atoms with E-state index in [0.717, 1.165) is 22.3 Å². The Kier molecular flexibility index (Phi) is 3.51. The zero-order chi connectivity index (χ0) is 15.7. The van der Waals surface area contributed by atoms with Gasteiger partial charge in [-0.3, -0.25) is 0 Å². The first-order valence-corrected chi connectivity index (χ1v) is 6.92. The molecule has 0 radical (unpaired) electrons. The number of carbonyl (C=O) groups is 2. The first-order chi connectivity index (χ1) is 10.6. The van der Waals surface area contributed by atoms with Crippen molar-refractivity contribution in [2.75, 3.05) is 0 Å². The molecule has 2 aromatic carbocycles. The van der Waals surface area contributed by atoms with E-state index in [1.165, 1.54) is 12.1 Å². The number of allylic oxidation sites excluding steroid dienone is 1. The van der Waals surface area contributed by atoms with Crippen molar-refractivity contribution < 1.29 is 19.8 Å². The average molecular weight is 294 g/mol. The van der Waals surface area contributed by atoms with E-state index < -0.39 is 11.9 Å². The number of benzene rings is 2. The first-order valence-electron chi connectivity index (χ1n) is 6.92. The van der Waals surface area contributed by atoms with Crippen LogP contribution >= 0.6 is 0 Å². The van der Waals surface area contributed by atoms with Gasteiger partial charge in [0.2, 0.25) is 0 Å². The van der Waals surface area contributed by atoms with Gasteiger partial charge in [0.25, 0.3) is 0 Å². The monoisotopic (exact) mass is 294 g/mol. The Bertz CT molecular complexity index is 785. The number of hydrogen-bond acceptors (Lipinski definition) is 2. The predicted molar refractivity (Wildman–Crippen MR) is 81.8 cm³/mol. The summed E-state index contributed by atoms with van der Waals surface area (Å²) in [4.78, 5) is 22.5. The van der Waals surface area contributed by atoms with Crippen LogP contribution in [0.5, 0.6) is 0 Å². The van der Waals surface area contributed by atoms with Crippen molar-refractivity contribution in [1.29, 1.82) is 0 Å². The van der Waals surface area contributed by atoms with Crippen molar-refractivity contribution in [3.05, 3.63) is 76.4 Å². The molecule has 110 valence electrons. The molecular weight excluding hydrogens is 280 g/mol. The zero-order valence-electron chi connectivity index (χ0n) is 11.7. The number of fused-ring (bicyclic) bond motifs is 1. The summed E-state index contributed by atoms with van der Waals surface area (Å²) in [5.41, 5.74) is 4.23. The highest BCUT2D eigenvalue weighted by molar-refractivity contribution is 5.98. The molecule has 0 saturated heterocycles. The molecule has 0 unspecified atom stereocenters. The third-order valence-electron chi connectivity index (χ3n) is 3.96. The van der Waals surface area contributed by atoms with Crippen molar-refractivity contribution in [3.8, 4) is 0 Å². The Hall–Kier alpha value is -2.88. The highest BCUT2D eigenvalue weighted by atomic mass is 16.4. The van der Waals surface area contributed by atoms with Gasteiger partial charge in [-0.05, 0) is 40.8 Å². The van der Waals surface area contributed by atoms with Gasteiger partial charge in [0.1, 0.15) is 0 Å². The first kappa shape index (κ1) is 14.1. The average Bonchev–Trinajstić information content (AvgIpc) is 2.53. The minimum Gasteiger partial charge on any atom is -0.478 e. The van der Waals surface area contributed by atoms with Gasteiger partial charge in [0.05, 0.1) is 5.56 Å². The molecular formula is C18H14O4. The molecule has 1 aliphatic carbocycles. The lowest BCUT2D eigenvalue weighted by molar-refractivity contribution is -0.132. The highest BCUT2D eigenvalue weighted by Crippen LogP contribution is 2.32. The number of hydrogen-bond donors (Lipinski definition) is 2. The van der Waals surface area contributed by atoms with Crippen LogP contribution in [-0.4, -0.2) is 22.2 Å². The second kappa shape index (κ2) is 5.48. The van der Waals surface area contributed by atoms with Crippen molar-refractivity contribution in [3.63, 3.8) is 0 Å². The number of rotatable bonds is 3. The SMILES string of the molecule is O=C(O)C1=C(c2ccc(C(=O)O)cc2)Cc2ccccc2C1. The summed E-state index contributed by atoms with van der Waals surface area (Å²) >= 11 is 0. The number of carboxylic acids is 2. The van der Waals surface area contributed by atoms with E-state index in [9.17, 15) is 14.7 Å². The highest BCUT2D eigenvalue weighted by Gasteiger charge is 2.23. The van der Waals surface area contributed by atoms with Crippen molar-refractivity contribution >= 4 is 17.5 Å². The van der Waals surface area contributed by atoms with Crippen LogP contribution < -0.4 is 0 Å². The molecule has 0 aromatic heterocycles. The van der Waals surface area contributed by atoms with Crippen molar-refractivity contribution in [1.82, 2.24) is 0 Å². The summed E-state index contributed by atoms with van der Waals surface area (Å²) in [6.07, 6.45) is 0.936. The molecule has 0 bridgehead atoms. The molecule has 4 heteroatoms. The lowest BCUT2D eigenvalue weighted by Gasteiger charge is -2.21. The third-order valence-corrected chi connectivity index (χ3v) is 3.96. The Morgan fingerprint density at radius 3 is 1.91 bits per heavy atom. The molecule has 22 heavy (non-hydrogen) atoms.